The first-order valence-electron chi connectivity index (χ1n) is 8.17. The zero-order valence-electron chi connectivity index (χ0n) is 13.9. The number of alkyl halides is 3. The molecular weight excluding hydrogens is 303 g/mol. The van der Waals surface area contributed by atoms with Crippen LogP contribution in [0, 0.1) is 11.3 Å². The largest absolute Gasteiger partial charge is 0.416 e. The van der Waals surface area contributed by atoms with E-state index in [9.17, 15) is 18.3 Å². The lowest BCUT2D eigenvalue weighted by Gasteiger charge is -2.46. The number of rotatable bonds is 1. The van der Waals surface area contributed by atoms with Crippen LogP contribution >= 0.6 is 0 Å². The highest BCUT2D eigenvalue weighted by Gasteiger charge is 2.56. The average Bonchev–Trinajstić information content (AvgIpc) is 2.66. The van der Waals surface area contributed by atoms with Crippen LogP contribution in [0.15, 0.2) is 18.2 Å². The molecule has 2 nitrogen and oxygen atoms in total. The molecule has 5 heteroatoms. The van der Waals surface area contributed by atoms with E-state index in [1.54, 1.807) is 6.07 Å². The van der Waals surface area contributed by atoms with Crippen molar-refractivity contribution in [3.05, 3.63) is 34.9 Å². The molecule has 1 aromatic rings. The number of fused-ring (bicyclic) bond motifs is 1. The monoisotopic (exact) mass is 327 g/mol. The van der Waals surface area contributed by atoms with Gasteiger partial charge in [0.2, 0.25) is 0 Å². The Morgan fingerprint density at radius 1 is 1.17 bits per heavy atom. The zero-order valence-corrected chi connectivity index (χ0v) is 13.9. The van der Waals surface area contributed by atoms with Crippen LogP contribution < -0.4 is 0 Å². The Morgan fingerprint density at radius 2 is 1.78 bits per heavy atom. The van der Waals surface area contributed by atoms with Crippen molar-refractivity contribution in [2.45, 2.75) is 44.9 Å². The number of halogens is 3. The predicted molar refractivity (Wildman–Crippen MR) is 83.0 cm³/mol. The van der Waals surface area contributed by atoms with Gasteiger partial charge in [0.1, 0.15) is 0 Å². The van der Waals surface area contributed by atoms with Gasteiger partial charge in [-0.2, -0.15) is 13.2 Å². The van der Waals surface area contributed by atoms with Gasteiger partial charge in [-0.1, -0.05) is 19.9 Å². The highest BCUT2D eigenvalue weighted by molar-refractivity contribution is 5.44. The maximum absolute atomic E-state index is 13.1. The molecule has 1 aromatic carbocycles. The molecule has 1 aliphatic carbocycles. The molecule has 3 rings (SSSR count). The standard InChI is InChI=1S/C18H24F3NO/c1-16(2)11-12-4-5-14(18(19,20)21)10-15(12)17(16,23)13-6-8-22(3)9-7-13/h4-5,10,13,23H,6-9,11H2,1-3H3. The molecule has 0 spiro atoms. The highest BCUT2D eigenvalue weighted by Crippen LogP contribution is 2.56. The van der Waals surface area contributed by atoms with E-state index in [-0.39, 0.29) is 5.92 Å². The minimum Gasteiger partial charge on any atom is -0.384 e. The van der Waals surface area contributed by atoms with Crippen LogP contribution in [0.2, 0.25) is 0 Å². The zero-order chi connectivity index (χ0) is 17.0. The van der Waals surface area contributed by atoms with Gasteiger partial charge in [0.15, 0.2) is 0 Å². The van der Waals surface area contributed by atoms with Crippen molar-refractivity contribution in [1.82, 2.24) is 4.90 Å². The quantitative estimate of drug-likeness (QED) is 0.848. The van der Waals surface area contributed by atoms with Gasteiger partial charge < -0.3 is 10.0 Å². The fourth-order valence-electron chi connectivity index (χ4n) is 4.44. The van der Waals surface area contributed by atoms with Gasteiger partial charge in [-0.3, -0.25) is 0 Å². The Labute approximate surface area is 135 Å². The number of hydrogen-bond donors (Lipinski definition) is 1. The Morgan fingerprint density at radius 3 is 2.35 bits per heavy atom. The van der Waals surface area contributed by atoms with Gasteiger partial charge >= 0.3 is 6.18 Å². The molecule has 1 atom stereocenters. The lowest BCUT2D eigenvalue weighted by atomic mass is 9.65. The second-order valence-electron chi connectivity index (χ2n) is 7.77. The molecule has 0 amide bonds. The highest BCUT2D eigenvalue weighted by atomic mass is 19.4. The van der Waals surface area contributed by atoms with Crippen molar-refractivity contribution in [1.29, 1.82) is 0 Å². The van der Waals surface area contributed by atoms with Crippen LogP contribution in [-0.2, 0) is 18.2 Å². The van der Waals surface area contributed by atoms with E-state index in [1.807, 2.05) is 20.9 Å². The fraction of sp³-hybridized carbons (Fsp3) is 0.667. The summed E-state index contributed by atoms with van der Waals surface area (Å²) in [5, 5.41) is 11.6. The second kappa shape index (κ2) is 5.21. The molecule has 0 bridgehead atoms. The fourth-order valence-corrected chi connectivity index (χ4v) is 4.44. The first kappa shape index (κ1) is 16.8. The molecule has 128 valence electrons. The first-order valence-corrected chi connectivity index (χ1v) is 8.17. The Balaban J connectivity index is 2.06. The van der Waals surface area contributed by atoms with E-state index in [0.29, 0.717) is 12.0 Å². The first-order chi connectivity index (χ1) is 10.6. The molecule has 1 N–H and O–H groups in total. The smallest absolute Gasteiger partial charge is 0.384 e. The van der Waals surface area contributed by atoms with Gasteiger partial charge in [-0.05, 0) is 68.6 Å². The summed E-state index contributed by atoms with van der Waals surface area (Å²) in [5.74, 6) is -0.00145. The summed E-state index contributed by atoms with van der Waals surface area (Å²) in [7, 11) is 2.04. The number of likely N-dealkylation sites (tertiary alicyclic amines) is 1. The molecule has 1 heterocycles. The van der Waals surface area contributed by atoms with Crippen molar-refractivity contribution in [3.8, 4) is 0 Å². The lowest BCUT2D eigenvalue weighted by molar-refractivity contribution is -0.138. The van der Waals surface area contributed by atoms with E-state index in [4.69, 9.17) is 0 Å². The third kappa shape index (κ3) is 2.58. The number of nitrogens with zero attached hydrogens (tertiary/aromatic N) is 1. The lowest BCUT2D eigenvalue weighted by Crippen LogP contribution is -2.49. The SMILES string of the molecule is CN1CCC(C2(O)c3cc(C(F)(F)F)ccc3CC2(C)C)CC1. The van der Waals surface area contributed by atoms with Crippen LogP contribution in [0.25, 0.3) is 0 Å². The summed E-state index contributed by atoms with van der Waals surface area (Å²) in [6.45, 7) is 5.69. The second-order valence-corrected chi connectivity index (χ2v) is 7.77. The van der Waals surface area contributed by atoms with Crippen LogP contribution in [0.1, 0.15) is 43.4 Å². The van der Waals surface area contributed by atoms with Crippen LogP contribution in [0.3, 0.4) is 0 Å². The van der Waals surface area contributed by atoms with Gasteiger partial charge in [0.05, 0.1) is 11.2 Å². The molecule has 0 radical (unpaired) electrons. The van der Waals surface area contributed by atoms with Crippen molar-refractivity contribution in [2.75, 3.05) is 20.1 Å². The van der Waals surface area contributed by atoms with Gasteiger partial charge in [0, 0.05) is 5.41 Å². The molecule has 1 fully saturated rings. The molecule has 0 saturated carbocycles. The van der Waals surface area contributed by atoms with Gasteiger partial charge in [-0.15, -0.1) is 0 Å². The number of aliphatic hydroxyl groups is 1. The summed E-state index contributed by atoms with van der Waals surface area (Å²) in [5.41, 5.74) is -0.970. The van der Waals surface area contributed by atoms with Crippen molar-refractivity contribution < 1.29 is 18.3 Å². The predicted octanol–water partition coefficient (Wildman–Crippen LogP) is 3.82. The number of benzene rings is 1. The summed E-state index contributed by atoms with van der Waals surface area (Å²) in [6, 6.07) is 3.87. The number of hydrogen-bond acceptors (Lipinski definition) is 2. The molecule has 1 saturated heterocycles. The molecule has 2 aliphatic rings. The van der Waals surface area contributed by atoms with Crippen LogP contribution in [-0.4, -0.2) is 30.1 Å². The van der Waals surface area contributed by atoms with E-state index in [1.165, 1.54) is 6.07 Å². The van der Waals surface area contributed by atoms with Gasteiger partial charge in [-0.25, -0.2) is 0 Å². The normalized spacial score (nSPS) is 28.8. The Bertz CT molecular complexity index is 603. The molecule has 23 heavy (non-hydrogen) atoms. The van der Waals surface area contributed by atoms with Crippen molar-refractivity contribution in [2.24, 2.45) is 11.3 Å². The summed E-state index contributed by atoms with van der Waals surface area (Å²) < 4.78 is 39.3. The van der Waals surface area contributed by atoms with Crippen molar-refractivity contribution >= 4 is 0 Å². The molecule has 1 aliphatic heterocycles. The van der Waals surface area contributed by atoms with E-state index in [0.717, 1.165) is 37.6 Å². The third-order valence-electron chi connectivity index (χ3n) is 5.82. The molecule has 0 aromatic heterocycles. The Kier molecular flexibility index (Phi) is 3.80. The topological polar surface area (TPSA) is 23.5 Å². The minimum atomic E-state index is -4.38. The van der Waals surface area contributed by atoms with Gasteiger partial charge in [0.25, 0.3) is 0 Å². The van der Waals surface area contributed by atoms with Crippen LogP contribution in [0.4, 0.5) is 13.2 Å². The van der Waals surface area contributed by atoms with Crippen LogP contribution in [0.5, 0.6) is 0 Å². The maximum Gasteiger partial charge on any atom is 0.416 e. The molecule has 1 unspecified atom stereocenters. The summed E-state index contributed by atoms with van der Waals surface area (Å²) in [6.07, 6.45) is -2.14. The van der Waals surface area contributed by atoms with Crippen molar-refractivity contribution in [3.63, 3.8) is 0 Å². The average molecular weight is 327 g/mol. The number of piperidine rings is 1. The van der Waals surface area contributed by atoms with E-state index < -0.39 is 22.8 Å². The third-order valence-corrected chi connectivity index (χ3v) is 5.82. The summed E-state index contributed by atoms with van der Waals surface area (Å²) in [4.78, 5) is 2.20. The van der Waals surface area contributed by atoms with E-state index in [2.05, 4.69) is 4.90 Å². The summed E-state index contributed by atoms with van der Waals surface area (Å²) >= 11 is 0. The maximum atomic E-state index is 13.1. The Hall–Kier alpha value is -1.07. The minimum absolute atomic E-state index is 0.00145. The molecular formula is C18H24F3NO. The van der Waals surface area contributed by atoms with E-state index >= 15 is 0 Å².